The number of fused-ring (bicyclic) bond motifs is 6. The summed E-state index contributed by atoms with van der Waals surface area (Å²) in [6.07, 6.45) is 29.4. The molecule has 1 aliphatic carbocycles. The Morgan fingerprint density at radius 2 is 1.51 bits per heavy atom. The van der Waals surface area contributed by atoms with Crippen LogP contribution in [0.15, 0.2) is 172 Å². The van der Waals surface area contributed by atoms with Gasteiger partial charge in [0.05, 0.1) is 16.6 Å². The van der Waals surface area contributed by atoms with E-state index in [4.69, 9.17) is 0 Å². The first-order chi connectivity index (χ1) is 23.9. The summed E-state index contributed by atoms with van der Waals surface area (Å²) in [6, 6.07) is 24.0. The molecular weight excluding hydrogens is 593 g/mol. The van der Waals surface area contributed by atoms with Crippen LogP contribution in [-0.4, -0.2) is 9.13 Å². The summed E-state index contributed by atoms with van der Waals surface area (Å²) >= 11 is 0. The van der Waals surface area contributed by atoms with E-state index in [0.29, 0.717) is 0 Å². The molecule has 0 unspecified atom stereocenters. The summed E-state index contributed by atoms with van der Waals surface area (Å²) < 4.78 is 4.78. The van der Waals surface area contributed by atoms with Gasteiger partial charge in [-0.15, -0.1) is 0 Å². The fourth-order valence-electron chi connectivity index (χ4n) is 6.03. The number of rotatable bonds is 9. The minimum Gasteiger partial charge on any atom is -0.344 e. The van der Waals surface area contributed by atoms with E-state index < -0.39 is 0 Å². The highest BCUT2D eigenvalue weighted by atomic mass is 15.0. The van der Waals surface area contributed by atoms with E-state index in [1.807, 2.05) is 56.4 Å². The first-order valence-corrected chi connectivity index (χ1v) is 17.0. The zero-order valence-electron chi connectivity index (χ0n) is 29.7. The number of hydrogen-bond acceptors (Lipinski definition) is 0. The Balaban J connectivity index is 0.000000327. The molecule has 0 atom stereocenters. The second-order valence-electron chi connectivity index (χ2n) is 12.0. The summed E-state index contributed by atoms with van der Waals surface area (Å²) in [7, 11) is 2.20. The van der Waals surface area contributed by atoms with Gasteiger partial charge in [0.2, 0.25) is 0 Å². The lowest BCUT2D eigenvalue weighted by Gasteiger charge is -2.10. The quantitative estimate of drug-likeness (QED) is 0.142. The van der Waals surface area contributed by atoms with Crippen molar-refractivity contribution in [2.75, 3.05) is 0 Å². The minimum atomic E-state index is 0.955. The fourth-order valence-corrected chi connectivity index (χ4v) is 6.03. The van der Waals surface area contributed by atoms with Crippen LogP contribution in [0.1, 0.15) is 50.4 Å². The van der Waals surface area contributed by atoms with Crippen LogP contribution < -0.4 is 0 Å². The van der Waals surface area contributed by atoms with Crippen LogP contribution in [0.3, 0.4) is 0 Å². The zero-order chi connectivity index (χ0) is 35.2. The molecule has 49 heavy (non-hydrogen) atoms. The average Bonchev–Trinajstić information content (AvgIpc) is 3.60. The maximum absolute atomic E-state index is 4.32. The van der Waals surface area contributed by atoms with E-state index in [1.165, 1.54) is 49.7 Å². The molecule has 2 nitrogen and oxygen atoms in total. The highest BCUT2D eigenvalue weighted by Gasteiger charge is 2.19. The molecule has 0 amide bonds. The molecule has 2 heterocycles. The average molecular weight is 643 g/mol. The van der Waals surface area contributed by atoms with Gasteiger partial charge in [0.25, 0.3) is 0 Å². The predicted octanol–water partition coefficient (Wildman–Crippen LogP) is 13.4. The molecule has 3 aromatic carbocycles. The number of para-hydroxylation sites is 1. The number of benzene rings is 3. The fraction of sp³-hybridized carbons (Fsp3) is 0.149. The van der Waals surface area contributed by atoms with Gasteiger partial charge in [-0.2, -0.15) is 0 Å². The van der Waals surface area contributed by atoms with Crippen LogP contribution in [0.5, 0.6) is 0 Å². The van der Waals surface area contributed by atoms with Gasteiger partial charge in [-0.05, 0) is 80.2 Å². The van der Waals surface area contributed by atoms with Crippen LogP contribution in [0, 0.1) is 0 Å². The Kier molecular flexibility index (Phi) is 13.4. The lowest BCUT2D eigenvalue weighted by atomic mass is 10.00. The van der Waals surface area contributed by atoms with Crippen molar-refractivity contribution in [2.45, 2.75) is 40.0 Å². The third-order valence-corrected chi connectivity index (χ3v) is 8.32. The third-order valence-electron chi connectivity index (χ3n) is 8.32. The smallest absolute Gasteiger partial charge is 0.0562 e. The molecule has 5 aromatic rings. The molecule has 2 heteroatoms. The van der Waals surface area contributed by atoms with Crippen LogP contribution in [0.25, 0.3) is 50.1 Å². The number of nitrogens with zero attached hydrogens (tertiary/aromatic N) is 2. The number of allylic oxidation sites excluding steroid dienone is 15. The summed E-state index contributed by atoms with van der Waals surface area (Å²) in [5.74, 6) is 0. The molecule has 6 rings (SSSR count). The van der Waals surface area contributed by atoms with Gasteiger partial charge in [-0.3, -0.25) is 0 Å². The minimum absolute atomic E-state index is 0.955. The van der Waals surface area contributed by atoms with E-state index in [1.54, 1.807) is 12.2 Å². The largest absolute Gasteiger partial charge is 0.344 e. The second kappa shape index (κ2) is 18.1. The van der Waals surface area contributed by atoms with Crippen LogP contribution >= 0.6 is 0 Å². The van der Waals surface area contributed by atoms with Crippen molar-refractivity contribution in [2.24, 2.45) is 7.05 Å². The van der Waals surface area contributed by atoms with Gasteiger partial charge < -0.3 is 9.13 Å². The molecule has 0 saturated carbocycles. The highest BCUT2D eigenvalue weighted by molar-refractivity contribution is 6.15. The first kappa shape index (κ1) is 36.2. The number of aryl methyl sites for hydroxylation is 2. The molecule has 248 valence electrons. The molecule has 0 fully saturated rings. The van der Waals surface area contributed by atoms with Crippen molar-refractivity contribution in [1.29, 1.82) is 0 Å². The molecule has 0 spiro atoms. The normalized spacial score (nSPS) is 12.9. The van der Waals surface area contributed by atoms with Crippen LogP contribution in [0.4, 0.5) is 0 Å². The topological polar surface area (TPSA) is 9.86 Å². The number of hydrogen-bond donors (Lipinski definition) is 0. The van der Waals surface area contributed by atoms with Gasteiger partial charge >= 0.3 is 0 Å². The van der Waals surface area contributed by atoms with E-state index in [2.05, 4.69) is 140 Å². The van der Waals surface area contributed by atoms with Crippen LogP contribution in [0.2, 0.25) is 0 Å². The summed E-state index contributed by atoms with van der Waals surface area (Å²) in [5, 5.41) is 4.00. The molecule has 0 aliphatic heterocycles. The second-order valence-corrected chi connectivity index (χ2v) is 12.0. The Labute approximate surface area is 293 Å². The predicted molar refractivity (Wildman–Crippen MR) is 221 cm³/mol. The molecule has 0 saturated heterocycles. The maximum Gasteiger partial charge on any atom is 0.0562 e. The lowest BCUT2D eigenvalue weighted by molar-refractivity contribution is 0.908. The van der Waals surface area contributed by atoms with Gasteiger partial charge in [0.1, 0.15) is 0 Å². The Bertz CT molecular complexity index is 2130. The standard InChI is InChI=1S/C33H30N2.2C7H10/c1-4-12-25(20-19-23(2)24-13-6-5-7-14-24)35-31-18-11-9-16-27(31)29-21-28-26-15-8-10-17-30(26)34(3)32(28)22-33(29)35;1-4-5-6-7(2)3;1-3-5-7-6-4-2/h5-7,9-14,16-22H,2,4,8,15H2,1,3H3;4-6H,1-2H2,3H3;3-7H,1H2,2H3/b20-19-,25-12+;6-5-;6-4-,7-5-. The van der Waals surface area contributed by atoms with Gasteiger partial charge in [0.15, 0.2) is 0 Å². The molecule has 1 aliphatic rings. The highest BCUT2D eigenvalue weighted by Crippen LogP contribution is 2.38. The molecular formula is C47H50N2. The van der Waals surface area contributed by atoms with Crippen molar-refractivity contribution >= 4 is 50.1 Å². The Morgan fingerprint density at radius 3 is 2.18 bits per heavy atom. The first-order valence-electron chi connectivity index (χ1n) is 17.0. The van der Waals surface area contributed by atoms with E-state index >= 15 is 0 Å². The van der Waals surface area contributed by atoms with E-state index in [-0.39, 0.29) is 0 Å². The SMILES string of the molecule is C=C(/C=C\C(=C/CC)n1c2ccccc2c2cc3c4c(n(C)c3cc21)C=CCC4)c1ccccc1.C=C/C=C\C(=C)C.C=C/C=C\C=C/C. The number of aromatic nitrogens is 2. The summed E-state index contributed by atoms with van der Waals surface area (Å²) in [5.41, 5.74) is 11.0. The Hall–Kier alpha value is -5.60. The Morgan fingerprint density at radius 1 is 0.776 bits per heavy atom. The van der Waals surface area contributed by atoms with Crippen molar-refractivity contribution < 1.29 is 0 Å². The van der Waals surface area contributed by atoms with E-state index in [9.17, 15) is 0 Å². The summed E-state index contributed by atoms with van der Waals surface area (Å²) in [6.45, 7) is 21.1. The van der Waals surface area contributed by atoms with Crippen molar-refractivity contribution in [3.8, 4) is 0 Å². The molecule has 0 bridgehead atoms. The van der Waals surface area contributed by atoms with E-state index in [0.717, 1.165) is 36.0 Å². The van der Waals surface area contributed by atoms with Gasteiger partial charge in [0, 0.05) is 34.6 Å². The maximum atomic E-state index is 4.32. The van der Waals surface area contributed by atoms with Crippen molar-refractivity contribution in [1.82, 2.24) is 9.13 Å². The van der Waals surface area contributed by atoms with Crippen molar-refractivity contribution in [3.05, 3.63) is 188 Å². The molecule has 0 N–H and O–H groups in total. The van der Waals surface area contributed by atoms with Gasteiger partial charge in [-0.25, -0.2) is 0 Å². The molecule has 0 radical (unpaired) electrons. The van der Waals surface area contributed by atoms with Crippen molar-refractivity contribution in [3.63, 3.8) is 0 Å². The monoisotopic (exact) mass is 642 g/mol. The zero-order valence-corrected chi connectivity index (χ0v) is 29.7. The lowest BCUT2D eigenvalue weighted by Crippen LogP contribution is -1.97. The van der Waals surface area contributed by atoms with Crippen LogP contribution in [-0.2, 0) is 13.5 Å². The van der Waals surface area contributed by atoms with Gasteiger partial charge in [-0.1, -0.05) is 154 Å². The summed E-state index contributed by atoms with van der Waals surface area (Å²) in [4.78, 5) is 0. The third kappa shape index (κ3) is 8.86. The molecule has 2 aromatic heterocycles.